The summed E-state index contributed by atoms with van der Waals surface area (Å²) in [7, 11) is -4.77. The quantitative estimate of drug-likeness (QED) is 0.0151. The summed E-state index contributed by atoms with van der Waals surface area (Å²) in [5.41, 5.74) is 5.32. The van der Waals surface area contributed by atoms with Crippen LogP contribution in [0.2, 0.25) is 0 Å². The zero-order valence-corrected chi connectivity index (χ0v) is 35.9. The van der Waals surface area contributed by atoms with Gasteiger partial charge >= 0.3 is 25.7 Å². The number of carboxylic acid groups (broad SMARTS) is 1. The first-order chi connectivity index (χ1) is 27.5. The number of carbonyl (C=O) groups excluding carboxylic acids is 2. The van der Waals surface area contributed by atoms with Crippen molar-refractivity contribution in [1.82, 2.24) is 0 Å². The van der Waals surface area contributed by atoms with Crippen LogP contribution >= 0.6 is 7.82 Å². The molecule has 0 rings (SSSR count). The zero-order chi connectivity index (χ0) is 42.2. The fourth-order valence-electron chi connectivity index (χ4n) is 5.50. The van der Waals surface area contributed by atoms with Crippen molar-refractivity contribution in [3.05, 3.63) is 60.8 Å². The largest absolute Gasteiger partial charge is 0.480 e. The summed E-state index contributed by atoms with van der Waals surface area (Å²) in [6.45, 7) is 2.48. The maximum atomic E-state index is 12.6. The van der Waals surface area contributed by atoms with E-state index >= 15 is 0 Å². The Labute approximate surface area is 343 Å². The molecule has 0 bridgehead atoms. The van der Waals surface area contributed by atoms with Crippen molar-refractivity contribution in [2.24, 2.45) is 5.73 Å². The number of phosphoric ester groups is 1. The van der Waals surface area contributed by atoms with Crippen LogP contribution in [0.25, 0.3) is 0 Å². The lowest BCUT2D eigenvalue weighted by molar-refractivity contribution is -0.161. The van der Waals surface area contributed by atoms with Crippen molar-refractivity contribution < 1.29 is 52.6 Å². The van der Waals surface area contributed by atoms with Crippen molar-refractivity contribution in [2.45, 2.75) is 180 Å². The van der Waals surface area contributed by atoms with Gasteiger partial charge in [0.05, 0.1) is 19.3 Å². The Kier molecular flexibility index (Phi) is 36.7. The average molecular weight is 826 g/mol. The fraction of sp³-hybridized carbons (Fsp3) is 0.705. The lowest BCUT2D eigenvalue weighted by atomic mass is 10.0. The van der Waals surface area contributed by atoms with Crippen LogP contribution in [0.15, 0.2) is 60.8 Å². The number of unbranched alkanes of at least 4 members (excludes halogenated alkanes) is 14. The van der Waals surface area contributed by atoms with Gasteiger partial charge in [-0.25, -0.2) is 4.57 Å². The maximum Gasteiger partial charge on any atom is 0.472 e. The summed E-state index contributed by atoms with van der Waals surface area (Å²) in [4.78, 5) is 45.9. The van der Waals surface area contributed by atoms with E-state index in [1.807, 2.05) is 12.2 Å². The first-order valence-corrected chi connectivity index (χ1v) is 22.9. The normalized spacial score (nSPS) is 14.9. The molecule has 0 aliphatic carbocycles. The SMILES string of the molecule is CC/C=C\C/C=C\C/C=C\C/C=C\C=C\C(O)CCCC(=O)OC(COC(=O)CCCCCCCCCCCCCCCCC)COP(=O)(O)OCC(N)C(=O)O. The van der Waals surface area contributed by atoms with Gasteiger partial charge in [-0.3, -0.25) is 23.4 Å². The zero-order valence-electron chi connectivity index (χ0n) is 35.0. The third-order valence-corrected chi connectivity index (χ3v) is 9.83. The molecule has 0 fully saturated rings. The number of phosphoric acid groups is 1. The molecule has 0 saturated heterocycles. The highest BCUT2D eigenvalue weighted by atomic mass is 31.2. The summed E-state index contributed by atoms with van der Waals surface area (Å²) in [5, 5.41) is 19.2. The van der Waals surface area contributed by atoms with Gasteiger partial charge in [0, 0.05) is 12.8 Å². The van der Waals surface area contributed by atoms with Crippen LogP contribution in [0.5, 0.6) is 0 Å². The first-order valence-electron chi connectivity index (χ1n) is 21.4. The molecule has 12 nitrogen and oxygen atoms in total. The number of aliphatic carboxylic acids is 1. The van der Waals surface area contributed by atoms with Gasteiger partial charge in [-0.05, 0) is 44.9 Å². The van der Waals surface area contributed by atoms with Crippen molar-refractivity contribution in [3.8, 4) is 0 Å². The highest BCUT2D eigenvalue weighted by Crippen LogP contribution is 2.43. The van der Waals surface area contributed by atoms with Gasteiger partial charge in [-0.2, -0.15) is 0 Å². The van der Waals surface area contributed by atoms with Gasteiger partial charge < -0.3 is 30.3 Å². The number of ether oxygens (including phenoxy) is 2. The van der Waals surface area contributed by atoms with Crippen LogP contribution in [0, 0.1) is 0 Å². The van der Waals surface area contributed by atoms with Gasteiger partial charge in [0.2, 0.25) is 0 Å². The molecule has 328 valence electrons. The summed E-state index contributed by atoms with van der Waals surface area (Å²) in [5.74, 6) is -2.61. The van der Waals surface area contributed by atoms with Crippen molar-refractivity contribution in [1.29, 1.82) is 0 Å². The Balaban J connectivity index is 4.58. The number of carbonyl (C=O) groups is 3. The van der Waals surface area contributed by atoms with E-state index in [9.17, 15) is 28.9 Å². The molecule has 4 atom stereocenters. The molecular weight excluding hydrogens is 749 g/mol. The Morgan fingerprint density at radius 3 is 1.67 bits per heavy atom. The van der Waals surface area contributed by atoms with Crippen molar-refractivity contribution in [3.63, 3.8) is 0 Å². The van der Waals surface area contributed by atoms with Crippen LogP contribution < -0.4 is 5.73 Å². The van der Waals surface area contributed by atoms with E-state index in [1.54, 1.807) is 12.2 Å². The van der Waals surface area contributed by atoms with Crippen molar-refractivity contribution in [2.75, 3.05) is 19.8 Å². The van der Waals surface area contributed by atoms with Gasteiger partial charge in [-0.15, -0.1) is 0 Å². The Morgan fingerprint density at radius 2 is 1.12 bits per heavy atom. The molecule has 57 heavy (non-hydrogen) atoms. The first kappa shape index (κ1) is 54.1. The second-order valence-electron chi connectivity index (χ2n) is 14.3. The predicted octanol–water partition coefficient (Wildman–Crippen LogP) is 10.1. The lowest BCUT2D eigenvalue weighted by Gasteiger charge is -2.20. The van der Waals surface area contributed by atoms with Crippen LogP contribution in [0.4, 0.5) is 0 Å². The number of aliphatic hydroxyl groups excluding tert-OH is 1. The third-order valence-electron chi connectivity index (χ3n) is 8.88. The number of rotatable bonds is 39. The van der Waals surface area contributed by atoms with Gasteiger partial charge in [0.1, 0.15) is 12.6 Å². The maximum absolute atomic E-state index is 12.6. The molecule has 0 aromatic heterocycles. The number of nitrogens with two attached hydrogens (primary N) is 1. The Morgan fingerprint density at radius 1 is 0.632 bits per heavy atom. The number of esters is 2. The van der Waals surface area contributed by atoms with E-state index < -0.39 is 63.8 Å². The van der Waals surface area contributed by atoms with Crippen LogP contribution in [0.1, 0.15) is 162 Å². The minimum Gasteiger partial charge on any atom is -0.480 e. The topological polar surface area (TPSA) is 192 Å². The summed E-state index contributed by atoms with van der Waals surface area (Å²) in [6.07, 6.45) is 40.3. The van der Waals surface area contributed by atoms with Gasteiger partial charge in [0.25, 0.3) is 0 Å². The summed E-state index contributed by atoms with van der Waals surface area (Å²) >= 11 is 0. The highest BCUT2D eigenvalue weighted by Gasteiger charge is 2.28. The van der Waals surface area contributed by atoms with E-state index in [4.69, 9.17) is 24.8 Å². The number of hydrogen-bond donors (Lipinski definition) is 4. The molecule has 0 spiro atoms. The molecule has 0 heterocycles. The standard InChI is InChI=1S/C44H76NO11P/c1-3-5-7-9-11-13-15-17-18-20-22-24-26-28-30-34-42(47)53-36-40(37-54-57(51,52)55-38-41(45)44(49)50)56-43(48)35-31-33-39(46)32-29-27-25-23-21-19-16-14-12-10-8-6-4-2/h6,8,12,14,19,21,25,27,29,32,39-41,46H,3-5,7,9-11,13,15-18,20,22-24,26,28,30-31,33-38,45H2,1-2H3,(H,49,50)(H,51,52)/b8-6-,14-12-,21-19-,27-25-,32-29+. The van der Waals surface area contributed by atoms with E-state index in [-0.39, 0.29) is 19.3 Å². The van der Waals surface area contributed by atoms with Gasteiger partial charge in [0.15, 0.2) is 6.10 Å². The summed E-state index contributed by atoms with van der Waals surface area (Å²) < 4.78 is 32.5. The molecule has 0 aliphatic rings. The van der Waals surface area contributed by atoms with E-state index in [0.29, 0.717) is 12.8 Å². The molecule has 0 saturated carbocycles. The predicted molar refractivity (Wildman–Crippen MR) is 227 cm³/mol. The number of allylic oxidation sites excluding steroid dienone is 9. The molecule has 0 amide bonds. The number of hydrogen-bond acceptors (Lipinski definition) is 10. The molecule has 0 radical (unpaired) electrons. The lowest BCUT2D eigenvalue weighted by Crippen LogP contribution is -2.34. The minimum absolute atomic E-state index is 0.0702. The second kappa shape index (κ2) is 38.6. The average Bonchev–Trinajstić information content (AvgIpc) is 3.18. The second-order valence-corrected chi connectivity index (χ2v) is 15.8. The summed E-state index contributed by atoms with van der Waals surface area (Å²) in [6, 6.07) is -1.55. The fourth-order valence-corrected chi connectivity index (χ4v) is 6.28. The monoisotopic (exact) mass is 826 g/mol. The number of carboxylic acids is 1. The molecule has 0 aromatic carbocycles. The number of aliphatic hydroxyl groups is 1. The molecule has 13 heteroatoms. The molecule has 5 N–H and O–H groups in total. The van der Waals surface area contributed by atoms with E-state index in [0.717, 1.165) is 44.9 Å². The highest BCUT2D eigenvalue weighted by molar-refractivity contribution is 7.47. The minimum atomic E-state index is -4.77. The van der Waals surface area contributed by atoms with Crippen LogP contribution in [-0.2, 0) is 37.5 Å². The van der Waals surface area contributed by atoms with E-state index in [1.165, 1.54) is 70.6 Å². The molecule has 4 unspecified atom stereocenters. The Hall–Kier alpha value is -2.86. The van der Waals surface area contributed by atoms with Crippen molar-refractivity contribution >= 4 is 25.7 Å². The molecule has 0 aromatic rings. The van der Waals surface area contributed by atoms with Crippen LogP contribution in [-0.4, -0.2) is 71.1 Å². The third kappa shape index (κ3) is 38.4. The van der Waals surface area contributed by atoms with Gasteiger partial charge in [-0.1, -0.05) is 164 Å². The molecule has 0 aliphatic heterocycles. The smallest absolute Gasteiger partial charge is 0.472 e. The van der Waals surface area contributed by atoms with E-state index in [2.05, 4.69) is 54.8 Å². The molecular formula is C44H76NO11P. The Bertz CT molecular complexity index is 1220. The van der Waals surface area contributed by atoms with Crippen LogP contribution in [0.3, 0.4) is 0 Å².